The Bertz CT molecular complexity index is 819. The molecule has 4 heterocycles. The maximum absolute atomic E-state index is 12.4. The second-order valence-electron chi connectivity index (χ2n) is 6.40. The molecule has 6 heteroatoms. The van der Waals surface area contributed by atoms with E-state index in [-0.39, 0.29) is 6.03 Å². The molecule has 4 rings (SSSR count). The maximum Gasteiger partial charge on any atom is 0.317 e. The van der Waals surface area contributed by atoms with Crippen molar-refractivity contribution in [2.75, 3.05) is 13.1 Å². The zero-order valence-electron chi connectivity index (χ0n) is 14.0. The van der Waals surface area contributed by atoms with Crippen LogP contribution in [0.2, 0.25) is 0 Å². The molecule has 3 aromatic heterocycles. The Morgan fingerprint density at radius 3 is 2.72 bits per heavy atom. The third-order valence-electron chi connectivity index (χ3n) is 4.79. The molecule has 0 saturated carbocycles. The van der Waals surface area contributed by atoms with Gasteiger partial charge in [0, 0.05) is 37.9 Å². The Kier molecular flexibility index (Phi) is 4.33. The van der Waals surface area contributed by atoms with Gasteiger partial charge in [0.2, 0.25) is 0 Å². The molecule has 0 unspecified atom stereocenters. The number of rotatable bonds is 3. The fraction of sp³-hybridized carbons (Fsp3) is 0.316. The van der Waals surface area contributed by atoms with Crippen molar-refractivity contribution in [2.24, 2.45) is 0 Å². The first kappa shape index (κ1) is 15.6. The van der Waals surface area contributed by atoms with Crippen molar-refractivity contribution in [1.29, 1.82) is 0 Å². The van der Waals surface area contributed by atoms with Crippen LogP contribution < -0.4 is 5.32 Å². The predicted molar refractivity (Wildman–Crippen MR) is 95.2 cm³/mol. The number of imidazole rings is 1. The van der Waals surface area contributed by atoms with Crippen LogP contribution in [0.3, 0.4) is 0 Å². The van der Waals surface area contributed by atoms with E-state index < -0.39 is 0 Å². The minimum atomic E-state index is -0.00904. The predicted octanol–water partition coefficient (Wildman–Crippen LogP) is 2.82. The Balaban J connectivity index is 1.30. The fourth-order valence-corrected chi connectivity index (χ4v) is 3.40. The van der Waals surface area contributed by atoms with E-state index in [0.717, 1.165) is 37.3 Å². The third kappa shape index (κ3) is 3.47. The molecule has 0 spiro atoms. The number of fused-ring (bicyclic) bond motifs is 1. The zero-order valence-corrected chi connectivity index (χ0v) is 14.0. The summed E-state index contributed by atoms with van der Waals surface area (Å²) in [5.41, 5.74) is 3.08. The van der Waals surface area contributed by atoms with E-state index in [2.05, 4.69) is 27.4 Å². The average Bonchev–Trinajstić information content (AvgIpc) is 3.10. The molecule has 0 radical (unpaired) electrons. The fourth-order valence-electron chi connectivity index (χ4n) is 3.40. The summed E-state index contributed by atoms with van der Waals surface area (Å²) < 4.78 is 1.96. The lowest BCUT2D eigenvalue weighted by Gasteiger charge is -2.32. The van der Waals surface area contributed by atoms with Crippen LogP contribution in [0.15, 0.2) is 55.1 Å². The van der Waals surface area contributed by atoms with Crippen LogP contribution in [0, 0.1) is 0 Å². The number of carbonyl (C=O) groups excluding carboxylic acids is 1. The Hall–Kier alpha value is -2.89. The van der Waals surface area contributed by atoms with Crippen LogP contribution in [0.1, 0.15) is 30.0 Å². The zero-order chi connectivity index (χ0) is 17.1. The number of piperidine rings is 1. The molecule has 25 heavy (non-hydrogen) atoms. The van der Waals surface area contributed by atoms with Crippen molar-refractivity contribution < 1.29 is 4.79 Å². The van der Waals surface area contributed by atoms with Gasteiger partial charge in [0.1, 0.15) is 5.65 Å². The monoisotopic (exact) mass is 335 g/mol. The van der Waals surface area contributed by atoms with Gasteiger partial charge in [-0.05, 0) is 48.6 Å². The highest BCUT2D eigenvalue weighted by molar-refractivity contribution is 5.74. The molecular weight excluding hydrogens is 314 g/mol. The van der Waals surface area contributed by atoms with Gasteiger partial charge in [-0.15, -0.1) is 0 Å². The van der Waals surface area contributed by atoms with Crippen molar-refractivity contribution in [3.8, 4) is 0 Å². The first-order chi connectivity index (χ1) is 12.3. The van der Waals surface area contributed by atoms with E-state index in [0.29, 0.717) is 12.5 Å². The number of likely N-dealkylation sites (tertiary alicyclic amines) is 1. The molecule has 1 aliphatic heterocycles. The van der Waals surface area contributed by atoms with Crippen LogP contribution in [-0.4, -0.2) is 38.4 Å². The summed E-state index contributed by atoms with van der Waals surface area (Å²) in [6, 6.07) is 10.0. The van der Waals surface area contributed by atoms with E-state index >= 15 is 0 Å². The third-order valence-corrected chi connectivity index (χ3v) is 4.79. The van der Waals surface area contributed by atoms with E-state index in [1.54, 1.807) is 0 Å². The van der Waals surface area contributed by atoms with Gasteiger partial charge in [-0.25, -0.2) is 9.78 Å². The molecule has 0 aromatic carbocycles. The second kappa shape index (κ2) is 6.93. The maximum atomic E-state index is 12.4. The summed E-state index contributed by atoms with van der Waals surface area (Å²) in [7, 11) is 0. The lowest BCUT2D eigenvalue weighted by atomic mass is 9.90. The molecule has 6 nitrogen and oxygen atoms in total. The average molecular weight is 335 g/mol. The molecule has 0 atom stereocenters. The summed E-state index contributed by atoms with van der Waals surface area (Å²) in [5, 5.41) is 2.99. The number of nitrogens with one attached hydrogen (secondary N) is 1. The normalized spacial score (nSPS) is 15.4. The summed E-state index contributed by atoms with van der Waals surface area (Å²) in [5.74, 6) is 0.519. The molecule has 0 bridgehead atoms. The highest BCUT2D eigenvalue weighted by Gasteiger charge is 2.23. The topological polar surface area (TPSA) is 62.5 Å². The van der Waals surface area contributed by atoms with Crippen molar-refractivity contribution in [3.05, 3.63) is 66.4 Å². The molecule has 2 amide bonds. The van der Waals surface area contributed by atoms with Crippen molar-refractivity contribution in [1.82, 2.24) is 24.6 Å². The summed E-state index contributed by atoms with van der Waals surface area (Å²) in [6.07, 6.45) is 9.56. The highest BCUT2D eigenvalue weighted by atomic mass is 16.2. The lowest BCUT2D eigenvalue weighted by Crippen LogP contribution is -2.43. The second-order valence-corrected chi connectivity index (χ2v) is 6.40. The molecule has 1 fully saturated rings. The summed E-state index contributed by atoms with van der Waals surface area (Å²) in [4.78, 5) is 22.9. The van der Waals surface area contributed by atoms with Crippen LogP contribution in [0.4, 0.5) is 4.79 Å². The number of aromatic nitrogens is 3. The minimum Gasteiger partial charge on any atom is -0.332 e. The summed E-state index contributed by atoms with van der Waals surface area (Å²) in [6.45, 7) is 2.01. The number of nitrogens with zero attached hydrogens (tertiary/aromatic N) is 4. The number of amides is 2. The van der Waals surface area contributed by atoms with Crippen molar-refractivity contribution in [2.45, 2.75) is 25.3 Å². The first-order valence-corrected chi connectivity index (χ1v) is 8.65. The van der Waals surface area contributed by atoms with Crippen LogP contribution in [-0.2, 0) is 6.54 Å². The van der Waals surface area contributed by atoms with E-state index in [1.807, 2.05) is 52.3 Å². The van der Waals surface area contributed by atoms with Gasteiger partial charge < -0.3 is 14.6 Å². The van der Waals surface area contributed by atoms with Gasteiger partial charge in [0.25, 0.3) is 0 Å². The van der Waals surface area contributed by atoms with Crippen molar-refractivity contribution in [3.63, 3.8) is 0 Å². The van der Waals surface area contributed by atoms with Gasteiger partial charge >= 0.3 is 6.03 Å². The lowest BCUT2D eigenvalue weighted by molar-refractivity contribution is 0.181. The van der Waals surface area contributed by atoms with Gasteiger partial charge in [-0.2, -0.15) is 0 Å². The number of carbonyl (C=O) groups is 1. The number of hydrogen-bond acceptors (Lipinski definition) is 3. The molecular formula is C19H21N5O. The Labute approximate surface area is 146 Å². The van der Waals surface area contributed by atoms with Crippen LogP contribution in [0.25, 0.3) is 5.65 Å². The van der Waals surface area contributed by atoms with Gasteiger partial charge in [0.05, 0.1) is 12.2 Å². The standard InChI is InChI=1S/C19H21N5O/c25-19(21-13-17-14-24-10-2-1-3-18(24)22-17)23-11-6-16(7-12-23)15-4-8-20-9-5-15/h1-5,8-10,14,16H,6-7,11-13H2,(H,21,25). The summed E-state index contributed by atoms with van der Waals surface area (Å²) >= 11 is 0. The Morgan fingerprint density at radius 2 is 1.96 bits per heavy atom. The van der Waals surface area contributed by atoms with E-state index in [9.17, 15) is 4.79 Å². The number of hydrogen-bond donors (Lipinski definition) is 1. The molecule has 0 aliphatic carbocycles. The van der Waals surface area contributed by atoms with Crippen LogP contribution in [0.5, 0.6) is 0 Å². The highest BCUT2D eigenvalue weighted by Crippen LogP contribution is 2.27. The number of urea groups is 1. The SMILES string of the molecule is O=C(NCc1cn2ccccc2n1)N1CCC(c2ccncc2)CC1. The van der Waals surface area contributed by atoms with Crippen LogP contribution >= 0.6 is 0 Å². The molecule has 1 aliphatic rings. The molecule has 1 saturated heterocycles. The molecule has 1 N–H and O–H groups in total. The van der Waals surface area contributed by atoms with Gasteiger partial charge in [-0.3, -0.25) is 4.98 Å². The first-order valence-electron chi connectivity index (χ1n) is 8.65. The van der Waals surface area contributed by atoms with E-state index in [1.165, 1.54) is 5.56 Å². The smallest absolute Gasteiger partial charge is 0.317 e. The minimum absolute atomic E-state index is 0.00904. The Morgan fingerprint density at radius 1 is 1.16 bits per heavy atom. The van der Waals surface area contributed by atoms with Gasteiger partial charge in [-0.1, -0.05) is 6.07 Å². The molecule has 3 aromatic rings. The largest absolute Gasteiger partial charge is 0.332 e. The van der Waals surface area contributed by atoms with E-state index in [4.69, 9.17) is 0 Å². The van der Waals surface area contributed by atoms with Crippen molar-refractivity contribution >= 4 is 11.7 Å². The molecule has 128 valence electrons. The number of pyridine rings is 2. The quantitative estimate of drug-likeness (QED) is 0.800. The van der Waals surface area contributed by atoms with Gasteiger partial charge in [0.15, 0.2) is 0 Å².